The molecule has 1 aliphatic heterocycles. The molecule has 0 unspecified atom stereocenters. The molecule has 2 N–H and O–H groups in total. The normalized spacial score (nSPS) is 23.8. The second-order valence-corrected chi connectivity index (χ2v) is 11.2. The molecular weight excluding hydrogens is 446 g/mol. The number of H-pyrrole nitrogens is 1. The monoisotopic (exact) mass is 478 g/mol. The van der Waals surface area contributed by atoms with Gasteiger partial charge in [-0.2, -0.15) is 0 Å². The molecule has 2 aliphatic carbocycles. The minimum atomic E-state index is -2.55. The molecule has 35 heavy (non-hydrogen) atoms. The maximum Gasteiger partial charge on any atom is 0.335 e. The van der Waals surface area contributed by atoms with Crippen LogP contribution in [0.5, 0.6) is 0 Å². The number of nitrogens with one attached hydrogen (secondary N) is 1. The van der Waals surface area contributed by atoms with E-state index < -0.39 is 11.9 Å². The van der Waals surface area contributed by atoms with Crippen LogP contribution >= 0.6 is 0 Å². The molecule has 1 atom stereocenters. The van der Waals surface area contributed by atoms with E-state index in [1.807, 2.05) is 18.3 Å². The van der Waals surface area contributed by atoms with Crippen LogP contribution in [0.1, 0.15) is 89.5 Å². The Morgan fingerprint density at radius 3 is 2.54 bits per heavy atom. The number of benzene rings is 2. The Kier molecular flexibility index (Phi) is 5.29. The Morgan fingerprint density at radius 2 is 1.91 bits per heavy atom. The van der Waals surface area contributed by atoms with Crippen LogP contribution in [0.25, 0.3) is 10.9 Å². The SMILES string of the molecule is Cc1cc(C2CCC2)c(CN2CCC3(C[C@H]2c2ccc(C(=O)O)cc2)CC(F)(F)C3)c2cc[nH]c12. The van der Waals surface area contributed by atoms with E-state index in [-0.39, 0.29) is 29.9 Å². The highest BCUT2D eigenvalue weighted by Gasteiger charge is 2.58. The molecule has 2 heterocycles. The van der Waals surface area contributed by atoms with Crippen molar-refractivity contribution >= 4 is 16.9 Å². The number of carboxylic acids is 1. The zero-order valence-electron chi connectivity index (χ0n) is 20.1. The molecule has 3 aromatic rings. The summed E-state index contributed by atoms with van der Waals surface area (Å²) >= 11 is 0. The number of carboxylic acid groups (broad SMARTS) is 1. The van der Waals surface area contributed by atoms with Crippen molar-refractivity contribution in [1.29, 1.82) is 0 Å². The van der Waals surface area contributed by atoms with Crippen LogP contribution in [0.4, 0.5) is 8.78 Å². The number of likely N-dealkylation sites (tertiary alicyclic amines) is 1. The summed E-state index contributed by atoms with van der Waals surface area (Å²) in [5.41, 5.74) is 6.20. The number of aromatic amines is 1. The van der Waals surface area contributed by atoms with Gasteiger partial charge in [0.25, 0.3) is 0 Å². The molecule has 0 bridgehead atoms. The topological polar surface area (TPSA) is 56.3 Å². The molecule has 3 fully saturated rings. The van der Waals surface area contributed by atoms with Gasteiger partial charge in [-0.15, -0.1) is 0 Å². The van der Waals surface area contributed by atoms with Crippen molar-refractivity contribution in [2.45, 2.75) is 76.3 Å². The van der Waals surface area contributed by atoms with E-state index in [9.17, 15) is 18.7 Å². The standard InChI is InChI=1S/C29H32F2N2O2/c1-18-13-23(19-3-2-4-19)24(22-9-11-32-26(18)22)15-33-12-10-28(16-29(30,31)17-28)14-25(33)20-5-7-21(8-6-20)27(34)35/h5-9,11,13,19,25,32H,2-4,10,12,14-17H2,1H3,(H,34,35)/t25-/m0/s1. The highest BCUT2D eigenvalue weighted by atomic mass is 19.3. The van der Waals surface area contributed by atoms with Crippen LogP contribution in [-0.4, -0.2) is 33.4 Å². The van der Waals surface area contributed by atoms with Crippen LogP contribution in [0.3, 0.4) is 0 Å². The van der Waals surface area contributed by atoms with Crippen LogP contribution in [0.15, 0.2) is 42.6 Å². The third kappa shape index (κ3) is 3.96. The minimum Gasteiger partial charge on any atom is -0.478 e. The summed E-state index contributed by atoms with van der Waals surface area (Å²) in [5, 5.41) is 10.6. The predicted octanol–water partition coefficient (Wildman–Crippen LogP) is 7.19. The van der Waals surface area contributed by atoms with Crippen molar-refractivity contribution in [3.05, 3.63) is 70.4 Å². The van der Waals surface area contributed by atoms with Crippen molar-refractivity contribution in [1.82, 2.24) is 9.88 Å². The van der Waals surface area contributed by atoms with Gasteiger partial charge in [-0.1, -0.05) is 24.6 Å². The van der Waals surface area contributed by atoms with Gasteiger partial charge in [-0.05, 0) is 90.9 Å². The number of aromatic carboxylic acids is 1. The first-order valence-electron chi connectivity index (χ1n) is 12.8. The van der Waals surface area contributed by atoms with E-state index in [2.05, 4.69) is 28.9 Å². The number of nitrogens with zero attached hydrogens (tertiary/aromatic N) is 1. The van der Waals surface area contributed by atoms with E-state index in [1.54, 1.807) is 12.1 Å². The molecule has 4 nitrogen and oxygen atoms in total. The fraction of sp³-hybridized carbons (Fsp3) is 0.483. The third-order valence-corrected chi connectivity index (χ3v) is 8.90. The van der Waals surface area contributed by atoms with Gasteiger partial charge >= 0.3 is 5.97 Å². The Balaban J connectivity index is 1.37. The Morgan fingerprint density at radius 1 is 1.17 bits per heavy atom. The lowest BCUT2D eigenvalue weighted by atomic mass is 9.59. The summed E-state index contributed by atoms with van der Waals surface area (Å²) < 4.78 is 27.9. The highest BCUT2D eigenvalue weighted by molar-refractivity contribution is 5.88. The molecule has 6 heteroatoms. The van der Waals surface area contributed by atoms with E-state index in [0.29, 0.717) is 12.3 Å². The molecule has 184 valence electrons. The van der Waals surface area contributed by atoms with E-state index in [0.717, 1.165) is 25.1 Å². The molecule has 2 aromatic carbocycles. The largest absolute Gasteiger partial charge is 0.478 e. The second kappa shape index (κ2) is 8.16. The molecular formula is C29H32F2N2O2. The number of rotatable bonds is 5. The Bertz CT molecular complexity index is 1270. The Labute approximate surface area is 204 Å². The van der Waals surface area contributed by atoms with Gasteiger partial charge in [0.05, 0.1) is 5.56 Å². The summed E-state index contributed by atoms with van der Waals surface area (Å²) in [6, 6.07) is 11.6. The lowest BCUT2D eigenvalue weighted by molar-refractivity contribution is -0.186. The van der Waals surface area contributed by atoms with Crippen LogP contribution in [-0.2, 0) is 6.54 Å². The number of alkyl halides is 2. The van der Waals surface area contributed by atoms with Gasteiger partial charge in [0, 0.05) is 42.5 Å². The van der Waals surface area contributed by atoms with Crippen LogP contribution in [0, 0.1) is 12.3 Å². The smallest absolute Gasteiger partial charge is 0.335 e. The fourth-order valence-electron chi connectivity index (χ4n) is 6.87. The van der Waals surface area contributed by atoms with Crippen molar-refractivity contribution in [3.63, 3.8) is 0 Å². The molecule has 1 saturated heterocycles. The van der Waals surface area contributed by atoms with Gasteiger partial charge in [0.1, 0.15) is 0 Å². The number of carbonyl (C=O) groups is 1. The quantitative estimate of drug-likeness (QED) is 0.408. The molecule has 6 rings (SSSR count). The molecule has 1 spiro atoms. The first-order chi connectivity index (χ1) is 16.7. The first kappa shape index (κ1) is 22.7. The van der Waals surface area contributed by atoms with Gasteiger partial charge in [0.2, 0.25) is 5.92 Å². The second-order valence-electron chi connectivity index (χ2n) is 11.2. The minimum absolute atomic E-state index is 0.00719. The third-order valence-electron chi connectivity index (χ3n) is 8.90. The summed E-state index contributed by atoms with van der Waals surface area (Å²) in [4.78, 5) is 17.3. The average molecular weight is 479 g/mol. The number of piperidine rings is 1. The number of aromatic nitrogens is 1. The van der Waals surface area contributed by atoms with Crippen LogP contribution < -0.4 is 0 Å². The van der Waals surface area contributed by atoms with Gasteiger partial charge in [-0.3, -0.25) is 4.90 Å². The number of hydrogen-bond acceptors (Lipinski definition) is 2. The van der Waals surface area contributed by atoms with Gasteiger partial charge in [-0.25, -0.2) is 13.6 Å². The zero-order valence-corrected chi connectivity index (χ0v) is 20.1. The molecule has 1 aromatic heterocycles. The van der Waals surface area contributed by atoms with Crippen molar-refractivity contribution in [2.75, 3.05) is 6.54 Å². The molecule has 2 saturated carbocycles. The van der Waals surface area contributed by atoms with Crippen LogP contribution in [0.2, 0.25) is 0 Å². The zero-order chi connectivity index (χ0) is 24.4. The van der Waals surface area contributed by atoms with Gasteiger partial charge < -0.3 is 10.1 Å². The number of fused-ring (bicyclic) bond motifs is 1. The van der Waals surface area contributed by atoms with Crippen molar-refractivity contribution in [3.8, 4) is 0 Å². The lowest BCUT2D eigenvalue weighted by Crippen LogP contribution is -2.53. The van der Waals surface area contributed by atoms with E-state index in [4.69, 9.17) is 0 Å². The van der Waals surface area contributed by atoms with E-state index in [1.165, 1.54) is 46.9 Å². The summed E-state index contributed by atoms with van der Waals surface area (Å²) in [5.74, 6) is -2.91. The molecule has 3 aliphatic rings. The molecule has 0 amide bonds. The van der Waals surface area contributed by atoms with Gasteiger partial charge in [0.15, 0.2) is 0 Å². The lowest BCUT2D eigenvalue weighted by Gasteiger charge is -2.55. The number of hydrogen-bond donors (Lipinski definition) is 2. The van der Waals surface area contributed by atoms with E-state index >= 15 is 0 Å². The van der Waals surface area contributed by atoms with Crippen molar-refractivity contribution < 1.29 is 18.7 Å². The average Bonchev–Trinajstić information content (AvgIpc) is 3.25. The molecule has 0 radical (unpaired) electrons. The Hall–Kier alpha value is -2.73. The van der Waals surface area contributed by atoms with Crippen molar-refractivity contribution in [2.24, 2.45) is 5.41 Å². The summed E-state index contributed by atoms with van der Waals surface area (Å²) in [6.07, 6.45) is 7.14. The first-order valence-corrected chi connectivity index (χ1v) is 12.8. The number of aryl methyl sites for hydroxylation is 1. The predicted molar refractivity (Wildman–Crippen MR) is 132 cm³/mol. The maximum absolute atomic E-state index is 14.0. The highest BCUT2D eigenvalue weighted by Crippen LogP contribution is 2.60. The summed E-state index contributed by atoms with van der Waals surface area (Å²) in [6.45, 7) is 3.71. The number of halogens is 2. The maximum atomic E-state index is 14.0. The summed E-state index contributed by atoms with van der Waals surface area (Å²) in [7, 11) is 0. The fourth-order valence-corrected chi connectivity index (χ4v) is 6.87.